The highest BCUT2D eigenvalue weighted by Gasteiger charge is 2.28. The van der Waals surface area contributed by atoms with Crippen LogP contribution in [0.4, 0.5) is 13.2 Å². The molecule has 0 heterocycles. The second-order valence-electron chi connectivity index (χ2n) is 3.50. The summed E-state index contributed by atoms with van der Waals surface area (Å²) >= 11 is 0. The molecule has 0 aliphatic carbocycles. The van der Waals surface area contributed by atoms with Crippen molar-refractivity contribution in [3.8, 4) is 0 Å². The summed E-state index contributed by atoms with van der Waals surface area (Å²) in [7, 11) is 0. The quantitative estimate of drug-likeness (QED) is 0.731. The second kappa shape index (κ2) is 5.19. The van der Waals surface area contributed by atoms with Crippen LogP contribution >= 0.6 is 0 Å². The molecule has 1 amide bonds. The van der Waals surface area contributed by atoms with E-state index in [2.05, 4.69) is 0 Å². The Balaban J connectivity index is 3.77. The third kappa shape index (κ3) is 6.71. The molecule has 0 bridgehead atoms. The summed E-state index contributed by atoms with van der Waals surface area (Å²) in [6, 6.07) is -0.400. The van der Waals surface area contributed by atoms with Crippen molar-refractivity contribution in [3.05, 3.63) is 0 Å². The molecule has 0 aliphatic rings. The fourth-order valence-electron chi connectivity index (χ4n) is 0.721. The Morgan fingerprint density at radius 1 is 1.43 bits per heavy atom. The van der Waals surface area contributed by atoms with Crippen molar-refractivity contribution in [2.75, 3.05) is 6.54 Å². The molecule has 0 aromatic rings. The molecule has 3 nitrogen and oxygen atoms in total. The predicted molar refractivity (Wildman–Crippen MR) is 46.5 cm³/mol. The second-order valence-corrected chi connectivity index (χ2v) is 3.50. The Morgan fingerprint density at radius 2 is 1.93 bits per heavy atom. The summed E-state index contributed by atoms with van der Waals surface area (Å²) in [4.78, 5) is 10.9. The van der Waals surface area contributed by atoms with Crippen molar-refractivity contribution < 1.29 is 18.0 Å². The number of hydrogen-bond donors (Lipinski definition) is 2. The van der Waals surface area contributed by atoms with Gasteiger partial charge in [-0.2, -0.15) is 13.2 Å². The van der Waals surface area contributed by atoms with E-state index in [0.29, 0.717) is 0 Å². The van der Waals surface area contributed by atoms with E-state index in [9.17, 15) is 18.0 Å². The van der Waals surface area contributed by atoms with Crippen LogP contribution in [0.5, 0.6) is 0 Å². The summed E-state index contributed by atoms with van der Waals surface area (Å²) in [5.74, 6) is -0.588. The molecule has 0 spiro atoms. The van der Waals surface area contributed by atoms with Gasteiger partial charge in [-0.25, -0.2) is 0 Å². The maximum atomic E-state index is 11.7. The van der Waals surface area contributed by atoms with E-state index in [1.165, 1.54) is 0 Å². The third-order valence-electron chi connectivity index (χ3n) is 1.76. The topological polar surface area (TPSA) is 55.1 Å². The molecule has 3 N–H and O–H groups in total. The van der Waals surface area contributed by atoms with E-state index in [1.54, 1.807) is 5.32 Å². The van der Waals surface area contributed by atoms with E-state index < -0.39 is 24.7 Å². The number of alkyl halides is 3. The highest BCUT2D eigenvalue weighted by Crippen LogP contribution is 2.12. The van der Waals surface area contributed by atoms with Gasteiger partial charge in [-0.15, -0.1) is 0 Å². The number of hydrogen-bond acceptors (Lipinski definition) is 2. The van der Waals surface area contributed by atoms with Crippen molar-refractivity contribution in [1.82, 2.24) is 5.32 Å². The monoisotopic (exact) mass is 212 g/mol. The van der Waals surface area contributed by atoms with Crippen molar-refractivity contribution >= 4 is 5.91 Å². The molecule has 0 radical (unpaired) electrons. The Hall–Kier alpha value is -0.780. The molecule has 6 heteroatoms. The van der Waals surface area contributed by atoms with Gasteiger partial charge in [-0.05, 0) is 5.92 Å². The first-order valence-corrected chi connectivity index (χ1v) is 4.31. The Kier molecular flexibility index (Phi) is 4.90. The zero-order chi connectivity index (χ0) is 11.4. The number of amides is 1. The van der Waals surface area contributed by atoms with Gasteiger partial charge in [0.1, 0.15) is 6.54 Å². The lowest BCUT2D eigenvalue weighted by atomic mass is 10.0. The third-order valence-corrected chi connectivity index (χ3v) is 1.76. The van der Waals surface area contributed by atoms with Gasteiger partial charge in [0.2, 0.25) is 5.91 Å². The SMILES string of the molecule is CC(C)C(N)CC(=O)NCC(F)(F)F. The summed E-state index contributed by atoms with van der Waals surface area (Å²) < 4.78 is 35.0. The van der Waals surface area contributed by atoms with E-state index >= 15 is 0 Å². The van der Waals surface area contributed by atoms with Crippen LogP contribution in [0.25, 0.3) is 0 Å². The average molecular weight is 212 g/mol. The Morgan fingerprint density at radius 3 is 2.29 bits per heavy atom. The van der Waals surface area contributed by atoms with E-state index in [0.717, 1.165) is 0 Å². The Bertz CT molecular complexity index is 192. The summed E-state index contributed by atoms with van der Waals surface area (Å²) in [5, 5.41) is 1.76. The van der Waals surface area contributed by atoms with Crippen LogP contribution in [-0.2, 0) is 4.79 Å². The minimum absolute atomic E-state index is 0.0756. The number of nitrogens with one attached hydrogen (secondary N) is 1. The highest BCUT2D eigenvalue weighted by atomic mass is 19.4. The van der Waals surface area contributed by atoms with Crippen molar-refractivity contribution in [3.63, 3.8) is 0 Å². The lowest BCUT2D eigenvalue weighted by Crippen LogP contribution is -2.38. The maximum absolute atomic E-state index is 11.7. The van der Waals surface area contributed by atoms with Crippen molar-refractivity contribution in [2.45, 2.75) is 32.5 Å². The number of rotatable bonds is 4. The minimum Gasteiger partial charge on any atom is -0.347 e. The molecule has 0 saturated carbocycles. The largest absolute Gasteiger partial charge is 0.405 e. The van der Waals surface area contributed by atoms with Gasteiger partial charge in [0.25, 0.3) is 0 Å². The average Bonchev–Trinajstić information content (AvgIpc) is 1.99. The normalized spacial score (nSPS) is 14.2. The molecule has 14 heavy (non-hydrogen) atoms. The minimum atomic E-state index is -4.36. The predicted octanol–water partition coefficient (Wildman–Crippen LogP) is 1.04. The molecule has 0 saturated heterocycles. The van der Waals surface area contributed by atoms with E-state index in [1.807, 2.05) is 13.8 Å². The van der Waals surface area contributed by atoms with Crippen molar-refractivity contribution in [1.29, 1.82) is 0 Å². The van der Waals surface area contributed by atoms with Crippen LogP contribution in [0.2, 0.25) is 0 Å². The lowest BCUT2D eigenvalue weighted by molar-refractivity contribution is -0.138. The molecule has 0 rings (SSSR count). The number of nitrogens with two attached hydrogens (primary N) is 1. The van der Waals surface area contributed by atoms with Gasteiger partial charge in [0.15, 0.2) is 0 Å². The number of carbonyl (C=O) groups is 1. The van der Waals surface area contributed by atoms with Gasteiger partial charge in [-0.3, -0.25) is 4.79 Å². The van der Waals surface area contributed by atoms with Crippen molar-refractivity contribution in [2.24, 2.45) is 11.7 Å². The summed E-state index contributed by atoms with van der Waals surface area (Å²) in [6.07, 6.45) is -4.44. The summed E-state index contributed by atoms with van der Waals surface area (Å²) in [5.41, 5.74) is 5.51. The summed E-state index contributed by atoms with van der Waals surface area (Å²) in [6.45, 7) is 2.32. The van der Waals surface area contributed by atoms with Crippen LogP contribution in [-0.4, -0.2) is 24.7 Å². The number of carbonyl (C=O) groups excluding carboxylic acids is 1. The lowest BCUT2D eigenvalue weighted by Gasteiger charge is -2.15. The molecule has 84 valence electrons. The molecule has 0 fully saturated rings. The van der Waals surface area contributed by atoms with E-state index in [4.69, 9.17) is 5.73 Å². The molecular formula is C8H15F3N2O. The first-order valence-electron chi connectivity index (χ1n) is 4.31. The first-order chi connectivity index (χ1) is 6.22. The van der Waals surface area contributed by atoms with Gasteiger partial charge in [0.05, 0.1) is 0 Å². The maximum Gasteiger partial charge on any atom is 0.405 e. The molecule has 1 unspecified atom stereocenters. The smallest absolute Gasteiger partial charge is 0.347 e. The standard InChI is InChI=1S/C8H15F3N2O/c1-5(2)6(12)3-7(14)13-4-8(9,10)11/h5-6H,3-4,12H2,1-2H3,(H,13,14). The van der Waals surface area contributed by atoms with Crippen LogP contribution in [0, 0.1) is 5.92 Å². The van der Waals surface area contributed by atoms with Gasteiger partial charge in [-0.1, -0.05) is 13.8 Å². The molecule has 0 aromatic carbocycles. The molecule has 0 aromatic heterocycles. The van der Waals surface area contributed by atoms with Crippen LogP contribution in [0.15, 0.2) is 0 Å². The van der Waals surface area contributed by atoms with Crippen LogP contribution in [0.1, 0.15) is 20.3 Å². The molecule has 1 atom stereocenters. The highest BCUT2D eigenvalue weighted by molar-refractivity contribution is 5.76. The zero-order valence-corrected chi connectivity index (χ0v) is 8.19. The molecule has 0 aliphatic heterocycles. The number of halogens is 3. The molecular weight excluding hydrogens is 197 g/mol. The first kappa shape index (κ1) is 13.2. The fourth-order valence-corrected chi connectivity index (χ4v) is 0.721. The zero-order valence-electron chi connectivity index (χ0n) is 8.19. The van der Waals surface area contributed by atoms with Gasteiger partial charge >= 0.3 is 6.18 Å². The van der Waals surface area contributed by atoms with Crippen LogP contribution < -0.4 is 11.1 Å². The fraction of sp³-hybridized carbons (Fsp3) is 0.875. The van der Waals surface area contributed by atoms with E-state index in [-0.39, 0.29) is 12.3 Å². The van der Waals surface area contributed by atoms with Crippen LogP contribution in [0.3, 0.4) is 0 Å². The Labute approximate surface area is 80.8 Å². The van der Waals surface area contributed by atoms with Gasteiger partial charge < -0.3 is 11.1 Å². The van der Waals surface area contributed by atoms with Gasteiger partial charge in [0, 0.05) is 12.5 Å².